The summed E-state index contributed by atoms with van der Waals surface area (Å²) in [5.41, 5.74) is 2.16. The quantitative estimate of drug-likeness (QED) is 0.779. The van der Waals surface area contributed by atoms with Gasteiger partial charge in [-0.2, -0.15) is 0 Å². The number of fused-ring (bicyclic) bond motifs is 1. The van der Waals surface area contributed by atoms with Crippen LogP contribution in [0.25, 0.3) is 11.0 Å². The maximum atomic E-state index is 10.5. The van der Waals surface area contributed by atoms with E-state index in [0.29, 0.717) is 16.2 Å². The molecule has 0 aliphatic rings. The van der Waals surface area contributed by atoms with Crippen molar-refractivity contribution < 1.29 is 14.3 Å². The molecule has 0 amide bonds. The van der Waals surface area contributed by atoms with Crippen LogP contribution in [0.15, 0.2) is 22.8 Å². The van der Waals surface area contributed by atoms with E-state index in [1.54, 1.807) is 12.1 Å². The molecule has 0 spiro atoms. The van der Waals surface area contributed by atoms with Crippen LogP contribution in [0.1, 0.15) is 11.1 Å². The number of carboxylic acids is 1. The summed E-state index contributed by atoms with van der Waals surface area (Å²) in [6.07, 6.45) is 1.27. The maximum absolute atomic E-state index is 10.5. The fourth-order valence-electron chi connectivity index (χ4n) is 1.61. The third-order valence-electron chi connectivity index (χ3n) is 2.24. The highest BCUT2D eigenvalue weighted by molar-refractivity contribution is 6.31. The molecule has 0 aliphatic carbocycles. The van der Waals surface area contributed by atoms with Crippen LogP contribution in [0.5, 0.6) is 0 Å². The van der Waals surface area contributed by atoms with Crippen molar-refractivity contribution in [3.8, 4) is 0 Å². The molecule has 0 saturated heterocycles. The SMILES string of the molecule is Cc1cc(Cl)cc2c(CC(=O)[O-])coc12. The summed E-state index contributed by atoms with van der Waals surface area (Å²) < 4.78 is 5.29. The molecule has 0 atom stereocenters. The van der Waals surface area contributed by atoms with E-state index in [9.17, 15) is 9.90 Å². The van der Waals surface area contributed by atoms with E-state index in [-0.39, 0.29) is 6.42 Å². The summed E-state index contributed by atoms with van der Waals surface area (Å²) in [6.45, 7) is 1.86. The molecule has 15 heavy (non-hydrogen) atoms. The number of benzene rings is 1. The van der Waals surface area contributed by atoms with Crippen molar-refractivity contribution in [3.05, 3.63) is 34.5 Å². The average Bonchev–Trinajstić information content (AvgIpc) is 2.48. The van der Waals surface area contributed by atoms with Gasteiger partial charge in [-0.25, -0.2) is 0 Å². The molecule has 0 aliphatic heterocycles. The lowest BCUT2D eigenvalue weighted by atomic mass is 10.1. The second-order valence-electron chi connectivity index (χ2n) is 3.41. The van der Waals surface area contributed by atoms with Crippen LogP contribution in [0.2, 0.25) is 5.02 Å². The van der Waals surface area contributed by atoms with Crippen molar-refractivity contribution in [2.24, 2.45) is 0 Å². The number of furan rings is 1. The molecular formula is C11H8ClO3-. The summed E-state index contributed by atoms with van der Waals surface area (Å²) in [4.78, 5) is 10.5. The summed E-state index contributed by atoms with van der Waals surface area (Å²) >= 11 is 5.88. The van der Waals surface area contributed by atoms with Gasteiger partial charge in [0.25, 0.3) is 0 Å². The molecule has 3 nitrogen and oxygen atoms in total. The lowest BCUT2D eigenvalue weighted by Crippen LogP contribution is -2.24. The Morgan fingerprint density at radius 2 is 2.27 bits per heavy atom. The minimum Gasteiger partial charge on any atom is -0.550 e. The number of aliphatic carboxylic acids is 1. The van der Waals surface area contributed by atoms with Crippen LogP contribution in [-0.4, -0.2) is 5.97 Å². The van der Waals surface area contributed by atoms with Gasteiger partial charge in [-0.05, 0) is 24.6 Å². The van der Waals surface area contributed by atoms with Crippen molar-refractivity contribution in [2.45, 2.75) is 13.3 Å². The van der Waals surface area contributed by atoms with Gasteiger partial charge in [-0.15, -0.1) is 0 Å². The summed E-state index contributed by atoms with van der Waals surface area (Å²) in [7, 11) is 0. The average molecular weight is 224 g/mol. The van der Waals surface area contributed by atoms with E-state index in [4.69, 9.17) is 16.0 Å². The van der Waals surface area contributed by atoms with E-state index in [1.807, 2.05) is 6.92 Å². The number of carboxylic acid groups (broad SMARTS) is 1. The third-order valence-corrected chi connectivity index (χ3v) is 2.46. The molecule has 2 aromatic rings. The predicted octanol–water partition coefficient (Wildman–Crippen LogP) is 1.69. The number of halogens is 1. The first-order valence-corrected chi connectivity index (χ1v) is 4.82. The Hall–Kier alpha value is -1.48. The second kappa shape index (κ2) is 3.59. The van der Waals surface area contributed by atoms with Gasteiger partial charge in [-0.1, -0.05) is 11.6 Å². The molecule has 1 aromatic carbocycles. The Labute approximate surface area is 91.3 Å². The van der Waals surface area contributed by atoms with E-state index < -0.39 is 5.97 Å². The topological polar surface area (TPSA) is 53.3 Å². The van der Waals surface area contributed by atoms with Crippen LogP contribution < -0.4 is 5.11 Å². The largest absolute Gasteiger partial charge is 0.550 e. The van der Waals surface area contributed by atoms with Gasteiger partial charge < -0.3 is 14.3 Å². The standard InChI is InChI=1S/C11H9ClO3/c1-6-2-8(12)4-9-7(3-10(13)14)5-15-11(6)9/h2,4-5H,3H2,1H3,(H,13,14)/p-1. The number of carbonyl (C=O) groups excluding carboxylic acids is 1. The molecule has 0 saturated carbocycles. The smallest absolute Gasteiger partial charge is 0.137 e. The van der Waals surface area contributed by atoms with Crippen LogP contribution in [0, 0.1) is 6.92 Å². The first-order valence-electron chi connectivity index (χ1n) is 4.44. The van der Waals surface area contributed by atoms with Crippen LogP contribution in [0.3, 0.4) is 0 Å². The van der Waals surface area contributed by atoms with Gasteiger partial charge >= 0.3 is 0 Å². The van der Waals surface area contributed by atoms with E-state index in [0.717, 1.165) is 10.9 Å². The third kappa shape index (κ3) is 1.83. The number of aryl methyl sites for hydroxylation is 1. The molecule has 0 radical (unpaired) electrons. The molecule has 1 heterocycles. The molecule has 4 heteroatoms. The molecule has 0 N–H and O–H groups in total. The minimum atomic E-state index is -1.13. The first-order chi connectivity index (χ1) is 7.08. The fourth-order valence-corrected chi connectivity index (χ4v) is 1.88. The molecule has 2 rings (SSSR count). The van der Waals surface area contributed by atoms with Gasteiger partial charge in [0, 0.05) is 28.4 Å². The predicted molar refractivity (Wildman–Crippen MR) is 54.7 cm³/mol. The Morgan fingerprint density at radius 3 is 2.93 bits per heavy atom. The van der Waals surface area contributed by atoms with Crippen LogP contribution >= 0.6 is 11.6 Å². The molecule has 0 bridgehead atoms. The highest BCUT2D eigenvalue weighted by Crippen LogP contribution is 2.28. The van der Waals surface area contributed by atoms with Crippen molar-refractivity contribution in [1.82, 2.24) is 0 Å². The van der Waals surface area contributed by atoms with Gasteiger partial charge in [0.2, 0.25) is 0 Å². The van der Waals surface area contributed by atoms with E-state index in [2.05, 4.69) is 0 Å². The minimum absolute atomic E-state index is 0.160. The van der Waals surface area contributed by atoms with Crippen molar-refractivity contribution in [2.75, 3.05) is 0 Å². The second-order valence-corrected chi connectivity index (χ2v) is 3.85. The van der Waals surface area contributed by atoms with E-state index in [1.165, 1.54) is 6.26 Å². The number of rotatable bonds is 2. The molecule has 0 fully saturated rings. The van der Waals surface area contributed by atoms with Crippen LogP contribution in [-0.2, 0) is 11.2 Å². The molecule has 78 valence electrons. The molecular weight excluding hydrogens is 216 g/mol. The fraction of sp³-hybridized carbons (Fsp3) is 0.182. The number of carbonyl (C=O) groups is 1. The monoisotopic (exact) mass is 223 g/mol. The zero-order chi connectivity index (χ0) is 11.0. The summed E-state index contributed by atoms with van der Waals surface area (Å²) in [5.74, 6) is -1.13. The van der Waals surface area contributed by atoms with Gasteiger partial charge in [0.1, 0.15) is 5.58 Å². The van der Waals surface area contributed by atoms with Gasteiger partial charge in [0.15, 0.2) is 0 Å². The Kier molecular flexibility index (Phi) is 2.40. The zero-order valence-corrected chi connectivity index (χ0v) is 8.80. The molecule has 1 aromatic heterocycles. The van der Waals surface area contributed by atoms with E-state index >= 15 is 0 Å². The van der Waals surface area contributed by atoms with Crippen molar-refractivity contribution >= 4 is 28.5 Å². The lowest BCUT2D eigenvalue weighted by Gasteiger charge is -2.00. The highest BCUT2D eigenvalue weighted by Gasteiger charge is 2.09. The Morgan fingerprint density at radius 1 is 1.53 bits per heavy atom. The first kappa shape index (κ1) is 10.1. The normalized spacial score (nSPS) is 10.8. The van der Waals surface area contributed by atoms with Crippen LogP contribution in [0.4, 0.5) is 0 Å². The van der Waals surface area contributed by atoms with Gasteiger partial charge in [0.05, 0.1) is 6.26 Å². The highest BCUT2D eigenvalue weighted by atomic mass is 35.5. The summed E-state index contributed by atoms with van der Waals surface area (Å²) in [5, 5.41) is 11.8. The number of hydrogen-bond donors (Lipinski definition) is 0. The van der Waals surface area contributed by atoms with Gasteiger partial charge in [-0.3, -0.25) is 0 Å². The summed E-state index contributed by atoms with van der Waals surface area (Å²) in [6, 6.07) is 3.47. The Bertz CT molecular complexity index is 528. The van der Waals surface area contributed by atoms with Crippen molar-refractivity contribution in [1.29, 1.82) is 0 Å². The zero-order valence-electron chi connectivity index (χ0n) is 8.04. The number of hydrogen-bond acceptors (Lipinski definition) is 3. The van der Waals surface area contributed by atoms with Crippen molar-refractivity contribution in [3.63, 3.8) is 0 Å². The lowest BCUT2D eigenvalue weighted by molar-refractivity contribution is -0.304. The Balaban J connectivity index is 2.63. The molecule has 0 unspecified atom stereocenters. The maximum Gasteiger partial charge on any atom is 0.137 e.